The normalized spacial score (nSPS) is 11.2. The van der Waals surface area contributed by atoms with Gasteiger partial charge in [0.05, 0.1) is 37.0 Å². The Morgan fingerprint density at radius 1 is 0.712 bits per heavy atom. The van der Waals surface area contributed by atoms with Crippen LogP contribution in [0.5, 0.6) is 11.5 Å². The van der Waals surface area contributed by atoms with E-state index in [0.29, 0.717) is 12.4 Å². The van der Waals surface area contributed by atoms with Gasteiger partial charge in [-0.15, -0.1) is 0 Å². The summed E-state index contributed by atoms with van der Waals surface area (Å²) in [6.07, 6.45) is 0. The van der Waals surface area contributed by atoms with Crippen molar-refractivity contribution in [3.63, 3.8) is 0 Å². The van der Waals surface area contributed by atoms with Crippen LogP contribution in [0.4, 0.5) is 11.9 Å². The van der Waals surface area contributed by atoms with Gasteiger partial charge in [0, 0.05) is 42.9 Å². The zero-order chi connectivity index (χ0) is 37.6. The minimum atomic E-state index is -1.16. The first-order valence-corrected chi connectivity index (χ1v) is 20.7. The van der Waals surface area contributed by atoms with Gasteiger partial charge in [-0.1, -0.05) is 43.9 Å². The fourth-order valence-electron chi connectivity index (χ4n) is 5.72. The van der Waals surface area contributed by atoms with Crippen LogP contribution >= 0.6 is 0 Å². The monoisotopic (exact) mass is 720 g/mol. The zero-order valence-electron chi connectivity index (χ0n) is 31.4. The number of nitrogen functional groups attached to an aromatic ring is 2. The number of nitrogens with two attached hydrogens (primary N) is 2. The summed E-state index contributed by atoms with van der Waals surface area (Å²) >= 11 is 0. The Bertz CT molecular complexity index is 2080. The van der Waals surface area contributed by atoms with E-state index in [1.54, 1.807) is 14.2 Å². The van der Waals surface area contributed by atoms with Crippen LogP contribution in [-0.2, 0) is 11.5 Å². The van der Waals surface area contributed by atoms with E-state index in [4.69, 9.17) is 30.8 Å². The highest BCUT2D eigenvalue weighted by molar-refractivity contribution is 6.76. The third-order valence-electron chi connectivity index (χ3n) is 8.27. The van der Waals surface area contributed by atoms with Crippen molar-refractivity contribution < 1.29 is 14.2 Å². The van der Waals surface area contributed by atoms with E-state index in [9.17, 15) is 0 Å². The number of hydrogen-bond acceptors (Lipinski definition) is 11. The van der Waals surface area contributed by atoms with E-state index in [2.05, 4.69) is 49.8 Å². The summed E-state index contributed by atoms with van der Waals surface area (Å²) in [5.74, 6) is 2.11. The molecule has 272 valence electrons. The van der Waals surface area contributed by atoms with Gasteiger partial charge in [-0.2, -0.15) is 10.2 Å². The van der Waals surface area contributed by atoms with E-state index in [0.717, 1.165) is 86.3 Å². The first-order chi connectivity index (χ1) is 24.8. The lowest BCUT2D eigenvalue weighted by atomic mass is 10.0. The lowest BCUT2D eigenvalue weighted by molar-refractivity contribution is 0.0795. The van der Waals surface area contributed by atoms with E-state index in [1.807, 2.05) is 93.0 Å². The summed E-state index contributed by atoms with van der Waals surface area (Å²) in [6.45, 7) is 15.9. The third-order valence-corrected chi connectivity index (χ3v) is 9.97. The smallest absolute Gasteiger partial charge is 0.220 e. The van der Waals surface area contributed by atoms with Crippen LogP contribution in [0.15, 0.2) is 60.7 Å². The summed E-state index contributed by atoms with van der Waals surface area (Å²) in [4.78, 5) is 17.1. The molecule has 0 saturated carbocycles. The van der Waals surface area contributed by atoms with Gasteiger partial charge in [-0.05, 0) is 81.3 Å². The average molecular weight is 721 g/mol. The highest BCUT2D eigenvalue weighted by atomic mass is 28.3. The Kier molecular flexibility index (Phi) is 11.7. The first-order valence-electron chi connectivity index (χ1n) is 17.0. The molecule has 4 aromatic heterocycles. The van der Waals surface area contributed by atoms with Gasteiger partial charge in [0.15, 0.2) is 0 Å². The molecular weight excluding hydrogens is 673 g/mol. The second-order valence-electron chi connectivity index (χ2n) is 13.7. The number of aryl methyl sites for hydroxylation is 4. The molecule has 0 radical (unpaired) electrons. The van der Waals surface area contributed by atoms with Gasteiger partial charge in [-0.25, -0.2) is 24.6 Å². The number of aromatic nitrogens is 8. The van der Waals surface area contributed by atoms with Crippen molar-refractivity contribution in [2.45, 2.75) is 60.1 Å². The van der Waals surface area contributed by atoms with Crippen molar-refractivity contribution in [2.24, 2.45) is 0 Å². The standard InChI is InChI=1S/C22H31N5O2Si.C16H17N5O/c1-15-13-19(25-22(23)24-15)21-20(17-7-9-18(28-3)10-8-17)16(2)26-27(21)14-29-11-12-30(4,5)6;1-9-8-13(19-16(17)18-9)15-14(10(2)20-21-15)11-4-6-12(22-3)7-5-11/h7-10,13H,11-12,14H2,1-6H3,(H2,23,24,25);4-8H,1-3H3,(H,20,21)(H2,17,18,19). The summed E-state index contributed by atoms with van der Waals surface area (Å²) in [5, 5.41) is 12.2. The van der Waals surface area contributed by atoms with Gasteiger partial charge in [0.2, 0.25) is 11.9 Å². The number of anilines is 2. The van der Waals surface area contributed by atoms with Gasteiger partial charge >= 0.3 is 0 Å². The number of ether oxygens (including phenoxy) is 3. The minimum absolute atomic E-state index is 0.246. The molecule has 6 aromatic rings. The number of nitrogens with zero attached hydrogens (tertiary/aromatic N) is 7. The summed E-state index contributed by atoms with van der Waals surface area (Å²) in [7, 11) is 2.15. The molecule has 0 aliphatic heterocycles. The predicted octanol–water partition coefficient (Wildman–Crippen LogP) is 7.27. The maximum absolute atomic E-state index is 6.00. The zero-order valence-corrected chi connectivity index (χ0v) is 32.4. The third kappa shape index (κ3) is 9.19. The van der Waals surface area contributed by atoms with Crippen LogP contribution in [0.2, 0.25) is 25.7 Å². The van der Waals surface area contributed by atoms with Crippen molar-refractivity contribution in [3.8, 4) is 56.5 Å². The number of H-pyrrole nitrogens is 1. The Morgan fingerprint density at radius 3 is 1.75 bits per heavy atom. The molecule has 0 amide bonds. The number of benzene rings is 2. The number of rotatable bonds is 11. The topological polar surface area (TPSA) is 178 Å². The van der Waals surface area contributed by atoms with Crippen LogP contribution in [0.1, 0.15) is 22.8 Å². The summed E-state index contributed by atoms with van der Waals surface area (Å²) < 4.78 is 18.4. The molecule has 0 saturated heterocycles. The lowest BCUT2D eigenvalue weighted by Gasteiger charge is -2.16. The fourth-order valence-corrected chi connectivity index (χ4v) is 6.48. The summed E-state index contributed by atoms with van der Waals surface area (Å²) in [5.41, 5.74) is 22.4. The van der Waals surface area contributed by atoms with Crippen molar-refractivity contribution in [1.82, 2.24) is 39.9 Å². The maximum Gasteiger partial charge on any atom is 0.220 e. The number of aromatic amines is 1. The summed E-state index contributed by atoms with van der Waals surface area (Å²) in [6, 6.07) is 20.7. The molecule has 13 nitrogen and oxygen atoms in total. The Labute approximate surface area is 305 Å². The molecule has 0 atom stereocenters. The molecule has 0 aliphatic carbocycles. The van der Waals surface area contributed by atoms with Crippen molar-refractivity contribution >= 4 is 20.0 Å². The molecule has 14 heteroatoms. The number of hydrogen-bond donors (Lipinski definition) is 3. The number of methoxy groups -OCH3 is 2. The largest absolute Gasteiger partial charge is 0.497 e. The molecule has 52 heavy (non-hydrogen) atoms. The highest BCUT2D eigenvalue weighted by Crippen LogP contribution is 2.36. The van der Waals surface area contributed by atoms with Crippen molar-refractivity contribution in [2.75, 3.05) is 32.3 Å². The van der Waals surface area contributed by atoms with Crippen LogP contribution < -0.4 is 20.9 Å². The van der Waals surface area contributed by atoms with Gasteiger partial charge < -0.3 is 25.7 Å². The quantitative estimate of drug-likeness (QED) is 0.0906. The van der Waals surface area contributed by atoms with Gasteiger partial charge in [0.1, 0.15) is 23.9 Å². The second kappa shape index (κ2) is 16.2. The van der Waals surface area contributed by atoms with E-state index < -0.39 is 8.07 Å². The molecule has 4 heterocycles. The van der Waals surface area contributed by atoms with E-state index >= 15 is 0 Å². The Balaban J connectivity index is 0.000000210. The average Bonchev–Trinajstić information content (AvgIpc) is 3.64. The van der Waals surface area contributed by atoms with E-state index in [-0.39, 0.29) is 11.9 Å². The van der Waals surface area contributed by atoms with Crippen molar-refractivity contribution in [3.05, 3.63) is 83.4 Å². The molecule has 0 spiro atoms. The lowest BCUT2D eigenvalue weighted by Crippen LogP contribution is -2.22. The van der Waals surface area contributed by atoms with E-state index in [1.165, 1.54) is 0 Å². The van der Waals surface area contributed by atoms with Gasteiger partial charge in [-0.3, -0.25) is 5.10 Å². The fraction of sp³-hybridized carbons (Fsp3) is 0.316. The maximum atomic E-state index is 6.00. The first kappa shape index (κ1) is 37.6. The molecule has 2 aromatic carbocycles. The molecule has 6 rings (SSSR count). The molecule has 5 N–H and O–H groups in total. The SMILES string of the molecule is COc1ccc(-c2c(-c3cc(C)nc(N)n3)n[nH]c2C)cc1.COc1ccc(-c2c(C)nn(COCC[Si](C)(C)C)c2-c2cc(C)nc(N)n2)cc1. The van der Waals surface area contributed by atoms with Gasteiger partial charge in [0.25, 0.3) is 0 Å². The molecule has 0 aliphatic rings. The highest BCUT2D eigenvalue weighted by Gasteiger charge is 2.22. The van der Waals surface area contributed by atoms with Crippen LogP contribution in [0, 0.1) is 27.7 Å². The predicted molar refractivity (Wildman–Crippen MR) is 209 cm³/mol. The van der Waals surface area contributed by atoms with Crippen LogP contribution in [0.3, 0.4) is 0 Å². The molecular formula is C38H48N10O3Si. The molecule has 0 fully saturated rings. The van der Waals surface area contributed by atoms with Crippen LogP contribution in [0.25, 0.3) is 45.0 Å². The Hall–Kier alpha value is -5.60. The Morgan fingerprint density at radius 2 is 1.23 bits per heavy atom. The second-order valence-corrected chi connectivity index (χ2v) is 19.3. The minimum Gasteiger partial charge on any atom is -0.497 e. The molecule has 0 unspecified atom stereocenters. The number of nitrogens with one attached hydrogen (secondary N) is 1. The molecule has 0 bridgehead atoms. The van der Waals surface area contributed by atoms with Crippen molar-refractivity contribution in [1.29, 1.82) is 0 Å². The van der Waals surface area contributed by atoms with Crippen LogP contribution in [-0.4, -0.2) is 68.8 Å².